The molecule has 2 fully saturated rings. The summed E-state index contributed by atoms with van der Waals surface area (Å²) in [6.45, 7) is 0. The lowest BCUT2D eigenvalue weighted by Crippen LogP contribution is -2.47. The first-order chi connectivity index (χ1) is 6.33. The molecule has 0 bridgehead atoms. The molecule has 2 unspecified atom stereocenters. The van der Waals surface area contributed by atoms with Crippen LogP contribution in [0.5, 0.6) is 0 Å². The first kappa shape index (κ1) is 9.04. The van der Waals surface area contributed by atoms with Gasteiger partial charge in [0.15, 0.2) is 0 Å². The molecular formula is C11H20N2. The van der Waals surface area contributed by atoms with Gasteiger partial charge in [0.25, 0.3) is 0 Å². The van der Waals surface area contributed by atoms with Crippen molar-refractivity contribution >= 4 is 5.84 Å². The predicted octanol–water partition coefficient (Wildman–Crippen LogP) is 2.30. The molecule has 0 radical (unpaired) electrons. The molecule has 0 aromatic rings. The van der Waals surface area contributed by atoms with Crippen molar-refractivity contribution in [3.63, 3.8) is 0 Å². The summed E-state index contributed by atoms with van der Waals surface area (Å²) in [4.78, 5) is 6.80. The fraction of sp³-hybridized carbons (Fsp3) is 0.909. The number of hydrogen-bond donors (Lipinski definition) is 0. The molecule has 1 aliphatic heterocycles. The Hall–Kier alpha value is -0.530. The van der Waals surface area contributed by atoms with Crippen LogP contribution < -0.4 is 0 Å². The number of piperidine rings is 1. The van der Waals surface area contributed by atoms with E-state index >= 15 is 0 Å². The summed E-state index contributed by atoms with van der Waals surface area (Å²) in [5, 5.41) is 0. The predicted molar refractivity (Wildman–Crippen MR) is 56.1 cm³/mol. The first-order valence-electron chi connectivity index (χ1n) is 5.51. The highest BCUT2D eigenvalue weighted by molar-refractivity contribution is 5.83. The topological polar surface area (TPSA) is 15.6 Å². The number of hydrogen-bond acceptors (Lipinski definition) is 1. The quantitative estimate of drug-likeness (QED) is 0.558. The van der Waals surface area contributed by atoms with Crippen LogP contribution >= 0.6 is 0 Å². The van der Waals surface area contributed by atoms with Crippen LogP contribution in [0.3, 0.4) is 0 Å². The zero-order valence-corrected chi connectivity index (χ0v) is 8.79. The summed E-state index contributed by atoms with van der Waals surface area (Å²) in [6.07, 6.45) is 8.29. The number of likely N-dealkylation sites (tertiary alicyclic amines) is 1. The van der Waals surface area contributed by atoms with Crippen LogP contribution in [0.1, 0.15) is 38.5 Å². The Morgan fingerprint density at radius 2 is 2.00 bits per heavy atom. The van der Waals surface area contributed by atoms with Gasteiger partial charge in [-0.05, 0) is 25.2 Å². The Labute approximate surface area is 81.0 Å². The second-order valence-corrected chi connectivity index (χ2v) is 4.40. The van der Waals surface area contributed by atoms with Crippen LogP contribution in [-0.4, -0.2) is 30.9 Å². The minimum Gasteiger partial charge on any atom is -0.360 e. The van der Waals surface area contributed by atoms with Crippen LogP contribution in [0.4, 0.5) is 0 Å². The summed E-state index contributed by atoms with van der Waals surface area (Å²) in [5.74, 6) is 2.28. The van der Waals surface area contributed by atoms with Crippen molar-refractivity contribution in [2.45, 2.75) is 44.6 Å². The highest BCUT2D eigenvalue weighted by Crippen LogP contribution is 2.35. The number of rotatable bonds is 0. The molecule has 0 spiro atoms. The van der Waals surface area contributed by atoms with E-state index in [2.05, 4.69) is 16.9 Å². The molecule has 1 saturated heterocycles. The van der Waals surface area contributed by atoms with E-state index in [1.807, 2.05) is 7.05 Å². The lowest BCUT2D eigenvalue weighted by molar-refractivity contribution is 0.160. The number of aliphatic imine (C=N–C) groups is 1. The fourth-order valence-electron chi connectivity index (χ4n) is 2.99. The third kappa shape index (κ3) is 1.59. The van der Waals surface area contributed by atoms with E-state index in [4.69, 9.17) is 0 Å². The molecule has 2 heteroatoms. The molecule has 1 heterocycles. The van der Waals surface area contributed by atoms with Gasteiger partial charge in [0.05, 0.1) is 5.84 Å². The molecule has 0 aromatic heterocycles. The van der Waals surface area contributed by atoms with Gasteiger partial charge in [-0.25, -0.2) is 0 Å². The Bertz CT molecular complexity index is 210. The average molecular weight is 180 g/mol. The van der Waals surface area contributed by atoms with Gasteiger partial charge < -0.3 is 4.90 Å². The molecule has 0 N–H and O–H groups in total. The van der Waals surface area contributed by atoms with Gasteiger partial charge in [0.2, 0.25) is 0 Å². The van der Waals surface area contributed by atoms with Gasteiger partial charge in [-0.1, -0.05) is 12.8 Å². The van der Waals surface area contributed by atoms with Gasteiger partial charge in [-0.3, -0.25) is 4.99 Å². The fourth-order valence-corrected chi connectivity index (χ4v) is 2.99. The van der Waals surface area contributed by atoms with Gasteiger partial charge in [-0.15, -0.1) is 0 Å². The molecule has 13 heavy (non-hydrogen) atoms. The molecule has 1 aliphatic carbocycles. The average Bonchev–Trinajstić information content (AvgIpc) is 2.19. The smallest absolute Gasteiger partial charge is 0.0985 e. The molecule has 2 rings (SSSR count). The van der Waals surface area contributed by atoms with Crippen molar-refractivity contribution in [1.29, 1.82) is 0 Å². The molecule has 2 aliphatic rings. The van der Waals surface area contributed by atoms with E-state index in [-0.39, 0.29) is 0 Å². The minimum absolute atomic E-state index is 0.807. The van der Waals surface area contributed by atoms with Crippen LogP contribution in [0.2, 0.25) is 0 Å². The summed E-state index contributed by atoms with van der Waals surface area (Å²) in [5.41, 5.74) is 0. The standard InChI is InChI=1S/C11H20N2/c1-12-11-8-7-9-5-3-4-6-10(9)13(11)2/h9-10H,3-8H2,1-2H3/b12-11-. The van der Waals surface area contributed by atoms with E-state index in [0.717, 1.165) is 12.0 Å². The maximum absolute atomic E-state index is 4.36. The molecule has 2 nitrogen and oxygen atoms in total. The van der Waals surface area contributed by atoms with Crippen molar-refractivity contribution in [2.75, 3.05) is 14.1 Å². The summed E-state index contributed by atoms with van der Waals surface area (Å²) in [6, 6.07) is 0.807. The van der Waals surface area contributed by atoms with E-state index in [1.165, 1.54) is 44.4 Å². The van der Waals surface area contributed by atoms with Gasteiger partial charge >= 0.3 is 0 Å². The third-order valence-electron chi connectivity index (χ3n) is 3.77. The maximum Gasteiger partial charge on any atom is 0.0985 e. The van der Waals surface area contributed by atoms with Crippen molar-refractivity contribution in [2.24, 2.45) is 10.9 Å². The molecule has 0 amide bonds. The van der Waals surface area contributed by atoms with E-state index < -0.39 is 0 Å². The third-order valence-corrected chi connectivity index (χ3v) is 3.77. The van der Waals surface area contributed by atoms with Crippen molar-refractivity contribution in [3.8, 4) is 0 Å². The SMILES string of the molecule is C/N=C1/CCC2CCCCC2N1C. The lowest BCUT2D eigenvalue weighted by Gasteiger charge is -2.43. The van der Waals surface area contributed by atoms with Gasteiger partial charge in [-0.2, -0.15) is 0 Å². The highest BCUT2D eigenvalue weighted by Gasteiger charge is 2.33. The normalized spacial score (nSPS) is 37.7. The van der Waals surface area contributed by atoms with Gasteiger partial charge in [0.1, 0.15) is 0 Å². The first-order valence-corrected chi connectivity index (χ1v) is 5.51. The van der Waals surface area contributed by atoms with Crippen molar-refractivity contribution in [1.82, 2.24) is 4.90 Å². The maximum atomic E-state index is 4.36. The summed E-state index contributed by atoms with van der Waals surface area (Å²) >= 11 is 0. The number of amidine groups is 1. The Kier molecular flexibility index (Phi) is 2.56. The Morgan fingerprint density at radius 3 is 2.77 bits per heavy atom. The molecule has 2 atom stereocenters. The minimum atomic E-state index is 0.807. The largest absolute Gasteiger partial charge is 0.360 e. The molecule has 1 saturated carbocycles. The molecule has 0 aromatic carbocycles. The lowest BCUT2D eigenvalue weighted by atomic mass is 9.78. The molecule has 74 valence electrons. The number of fused-ring (bicyclic) bond motifs is 1. The second kappa shape index (κ2) is 3.69. The van der Waals surface area contributed by atoms with Crippen LogP contribution in [0.25, 0.3) is 0 Å². The van der Waals surface area contributed by atoms with Crippen molar-refractivity contribution < 1.29 is 0 Å². The Balaban J connectivity index is 2.09. The van der Waals surface area contributed by atoms with Crippen molar-refractivity contribution in [3.05, 3.63) is 0 Å². The number of nitrogens with zero attached hydrogens (tertiary/aromatic N) is 2. The van der Waals surface area contributed by atoms with E-state index in [1.54, 1.807) is 0 Å². The Morgan fingerprint density at radius 1 is 1.23 bits per heavy atom. The molecular weight excluding hydrogens is 160 g/mol. The van der Waals surface area contributed by atoms with Crippen LogP contribution in [-0.2, 0) is 0 Å². The monoisotopic (exact) mass is 180 g/mol. The zero-order valence-electron chi connectivity index (χ0n) is 8.79. The van der Waals surface area contributed by atoms with E-state index in [9.17, 15) is 0 Å². The second-order valence-electron chi connectivity index (χ2n) is 4.40. The summed E-state index contributed by atoms with van der Waals surface area (Å²) in [7, 11) is 4.15. The van der Waals surface area contributed by atoms with Gasteiger partial charge in [0, 0.05) is 26.6 Å². The van der Waals surface area contributed by atoms with Crippen LogP contribution in [0.15, 0.2) is 4.99 Å². The highest BCUT2D eigenvalue weighted by atomic mass is 15.2. The summed E-state index contributed by atoms with van der Waals surface area (Å²) < 4.78 is 0. The van der Waals surface area contributed by atoms with Crippen LogP contribution in [0, 0.1) is 5.92 Å². The van der Waals surface area contributed by atoms with E-state index in [0.29, 0.717) is 0 Å². The zero-order chi connectivity index (χ0) is 9.26.